The molecule has 100 valence electrons. The number of aliphatic hydroxyl groups excluding tert-OH is 1. The van der Waals surface area contributed by atoms with Gasteiger partial charge < -0.3 is 5.11 Å². The van der Waals surface area contributed by atoms with Crippen molar-refractivity contribution >= 4 is 5.78 Å². The Morgan fingerprint density at radius 3 is 2.24 bits per heavy atom. The first-order valence-corrected chi connectivity index (χ1v) is 6.46. The molecular formula is C14H25FO2. The van der Waals surface area contributed by atoms with Gasteiger partial charge in [-0.05, 0) is 25.7 Å². The van der Waals surface area contributed by atoms with Gasteiger partial charge in [-0.25, -0.2) is 0 Å². The Hall–Kier alpha value is -0.860. The standard InChI is InChI=1S/C14H25FO2/c1-5-11(6-2)12(16)10-13(17)14(4,7-3)8-9-15/h10-11,16H,5-9H2,1-4H3/b12-10-. The third-order valence-electron chi connectivity index (χ3n) is 3.70. The van der Waals surface area contributed by atoms with Gasteiger partial charge in [0.15, 0.2) is 5.78 Å². The normalized spacial score (nSPS) is 16.0. The molecule has 0 aromatic rings. The van der Waals surface area contributed by atoms with Gasteiger partial charge in [-0.3, -0.25) is 9.18 Å². The molecule has 2 nitrogen and oxygen atoms in total. The second-order valence-corrected chi connectivity index (χ2v) is 4.80. The van der Waals surface area contributed by atoms with Gasteiger partial charge in [-0.2, -0.15) is 0 Å². The van der Waals surface area contributed by atoms with Crippen LogP contribution in [0.25, 0.3) is 0 Å². The highest BCUT2D eigenvalue weighted by molar-refractivity contribution is 5.94. The van der Waals surface area contributed by atoms with Crippen LogP contribution in [0, 0.1) is 11.3 Å². The van der Waals surface area contributed by atoms with Gasteiger partial charge in [0.05, 0.1) is 12.4 Å². The van der Waals surface area contributed by atoms with Crippen LogP contribution in [0.4, 0.5) is 4.39 Å². The average Bonchev–Trinajstić information content (AvgIpc) is 2.30. The van der Waals surface area contributed by atoms with Crippen molar-refractivity contribution in [2.45, 2.75) is 53.4 Å². The van der Waals surface area contributed by atoms with Crippen molar-refractivity contribution in [3.05, 3.63) is 11.8 Å². The van der Waals surface area contributed by atoms with Gasteiger partial charge in [0.25, 0.3) is 0 Å². The average molecular weight is 244 g/mol. The fraction of sp³-hybridized carbons (Fsp3) is 0.786. The highest BCUT2D eigenvalue weighted by Crippen LogP contribution is 2.29. The highest BCUT2D eigenvalue weighted by atomic mass is 19.1. The van der Waals surface area contributed by atoms with Crippen LogP contribution in [0.15, 0.2) is 11.8 Å². The third kappa shape index (κ3) is 4.49. The van der Waals surface area contributed by atoms with Crippen LogP contribution in [0.3, 0.4) is 0 Å². The van der Waals surface area contributed by atoms with Crippen molar-refractivity contribution in [2.24, 2.45) is 11.3 Å². The SMILES string of the molecule is CCC(CC)/C(O)=C/C(=O)C(C)(CC)CCF. The monoisotopic (exact) mass is 244 g/mol. The zero-order chi connectivity index (χ0) is 13.5. The van der Waals surface area contributed by atoms with E-state index in [1.165, 1.54) is 6.08 Å². The third-order valence-corrected chi connectivity index (χ3v) is 3.70. The minimum atomic E-state index is -0.686. The van der Waals surface area contributed by atoms with Crippen LogP contribution in [-0.4, -0.2) is 17.6 Å². The van der Waals surface area contributed by atoms with Crippen LogP contribution >= 0.6 is 0 Å². The van der Waals surface area contributed by atoms with Crippen molar-refractivity contribution in [3.8, 4) is 0 Å². The van der Waals surface area contributed by atoms with Gasteiger partial charge in [0.1, 0.15) is 0 Å². The van der Waals surface area contributed by atoms with Gasteiger partial charge in [-0.15, -0.1) is 0 Å². The maximum Gasteiger partial charge on any atom is 0.164 e. The molecular weight excluding hydrogens is 219 g/mol. The summed E-state index contributed by atoms with van der Waals surface area (Å²) in [5.74, 6) is 0.00557. The maximum absolute atomic E-state index is 12.4. The van der Waals surface area contributed by atoms with E-state index in [0.717, 1.165) is 12.8 Å². The van der Waals surface area contributed by atoms with Gasteiger partial charge in [0, 0.05) is 17.4 Å². The van der Waals surface area contributed by atoms with E-state index in [9.17, 15) is 14.3 Å². The summed E-state index contributed by atoms with van der Waals surface area (Å²) in [5, 5.41) is 9.85. The van der Waals surface area contributed by atoms with Crippen molar-refractivity contribution in [1.29, 1.82) is 0 Å². The fourth-order valence-electron chi connectivity index (χ4n) is 1.82. The summed E-state index contributed by atoms with van der Waals surface area (Å²) >= 11 is 0. The van der Waals surface area contributed by atoms with E-state index in [1.807, 2.05) is 20.8 Å². The molecule has 0 aromatic carbocycles. The summed E-state index contributed by atoms with van der Waals surface area (Å²) in [4.78, 5) is 12.0. The quantitative estimate of drug-likeness (QED) is 0.513. The van der Waals surface area contributed by atoms with Crippen LogP contribution in [0.1, 0.15) is 53.4 Å². The van der Waals surface area contributed by atoms with E-state index in [2.05, 4.69) is 0 Å². The Morgan fingerprint density at radius 2 is 1.88 bits per heavy atom. The van der Waals surface area contributed by atoms with Crippen molar-refractivity contribution in [3.63, 3.8) is 0 Å². The Morgan fingerprint density at radius 1 is 1.35 bits per heavy atom. The number of hydrogen-bond acceptors (Lipinski definition) is 2. The van der Waals surface area contributed by atoms with Gasteiger partial charge in [-0.1, -0.05) is 27.7 Å². The van der Waals surface area contributed by atoms with Crippen molar-refractivity contribution < 1.29 is 14.3 Å². The van der Waals surface area contributed by atoms with E-state index in [4.69, 9.17) is 0 Å². The fourth-order valence-corrected chi connectivity index (χ4v) is 1.82. The number of allylic oxidation sites excluding steroid dienone is 2. The molecule has 3 heteroatoms. The Bertz CT molecular complexity index is 269. The summed E-state index contributed by atoms with van der Waals surface area (Å²) in [6, 6.07) is 0. The molecule has 0 aromatic heterocycles. The van der Waals surface area contributed by atoms with Crippen LogP contribution in [0.2, 0.25) is 0 Å². The molecule has 0 aliphatic heterocycles. The number of alkyl halides is 1. The van der Waals surface area contributed by atoms with E-state index in [-0.39, 0.29) is 23.9 Å². The summed E-state index contributed by atoms with van der Waals surface area (Å²) in [6.45, 7) is 7.07. The summed E-state index contributed by atoms with van der Waals surface area (Å²) in [7, 11) is 0. The minimum Gasteiger partial charge on any atom is -0.512 e. The van der Waals surface area contributed by atoms with E-state index < -0.39 is 12.1 Å². The molecule has 0 amide bonds. The lowest BCUT2D eigenvalue weighted by molar-refractivity contribution is -0.123. The molecule has 0 saturated heterocycles. The molecule has 1 atom stereocenters. The second-order valence-electron chi connectivity index (χ2n) is 4.80. The molecule has 1 unspecified atom stereocenters. The first kappa shape index (κ1) is 16.1. The van der Waals surface area contributed by atoms with Crippen LogP contribution in [-0.2, 0) is 4.79 Å². The van der Waals surface area contributed by atoms with Crippen LogP contribution < -0.4 is 0 Å². The first-order valence-electron chi connectivity index (χ1n) is 6.46. The molecule has 0 radical (unpaired) electrons. The zero-order valence-corrected chi connectivity index (χ0v) is 11.4. The molecule has 0 heterocycles. The number of hydrogen-bond donors (Lipinski definition) is 1. The molecule has 0 rings (SSSR count). The molecule has 0 saturated carbocycles. The summed E-state index contributed by atoms with van der Waals surface area (Å²) in [6.07, 6.45) is 3.71. The molecule has 0 spiro atoms. The summed E-state index contributed by atoms with van der Waals surface area (Å²) in [5.41, 5.74) is -0.686. The Kier molecular flexibility index (Phi) is 7.09. The van der Waals surface area contributed by atoms with E-state index in [0.29, 0.717) is 6.42 Å². The number of ketones is 1. The largest absolute Gasteiger partial charge is 0.512 e. The molecule has 1 N–H and O–H groups in total. The van der Waals surface area contributed by atoms with Gasteiger partial charge in [0.2, 0.25) is 0 Å². The number of aliphatic hydroxyl groups is 1. The number of carbonyl (C=O) groups is 1. The smallest absolute Gasteiger partial charge is 0.164 e. The Labute approximate surface area is 104 Å². The summed E-state index contributed by atoms with van der Waals surface area (Å²) < 4.78 is 12.4. The number of halogens is 1. The first-order chi connectivity index (χ1) is 7.95. The molecule has 0 bridgehead atoms. The molecule has 0 aliphatic rings. The number of carbonyl (C=O) groups excluding carboxylic acids is 1. The molecule has 17 heavy (non-hydrogen) atoms. The minimum absolute atomic E-state index is 0.0328. The number of rotatable bonds is 8. The predicted octanol–water partition coefficient (Wildman–Crippen LogP) is 4.21. The lowest BCUT2D eigenvalue weighted by Gasteiger charge is -2.24. The van der Waals surface area contributed by atoms with Crippen LogP contribution in [0.5, 0.6) is 0 Å². The Balaban J connectivity index is 4.86. The highest BCUT2D eigenvalue weighted by Gasteiger charge is 2.30. The predicted molar refractivity (Wildman–Crippen MR) is 68.8 cm³/mol. The van der Waals surface area contributed by atoms with Gasteiger partial charge >= 0.3 is 0 Å². The topological polar surface area (TPSA) is 37.3 Å². The van der Waals surface area contributed by atoms with E-state index in [1.54, 1.807) is 6.92 Å². The van der Waals surface area contributed by atoms with E-state index >= 15 is 0 Å². The zero-order valence-electron chi connectivity index (χ0n) is 11.4. The lowest BCUT2D eigenvalue weighted by Crippen LogP contribution is -2.27. The second kappa shape index (κ2) is 7.46. The van der Waals surface area contributed by atoms with Crippen molar-refractivity contribution in [2.75, 3.05) is 6.67 Å². The lowest BCUT2D eigenvalue weighted by atomic mass is 9.79. The maximum atomic E-state index is 12.4. The molecule has 0 fully saturated rings. The molecule has 0 aliphatic carbocycles. The van der Waals surface area contributed by atoms with Crippen molar-refractivity contribution in [1.82, 2.24) is 0 Å².